The van der Waals surface area contributed by atoms with E-state index in [4.69, 9.17) is 5.73 Å². The Kier molecular flexibility index (Phi) is 18.5. The molecule has 0 amide bonds. The van der Waals surface area contributed by atoms with Crippen LogP contribution in [0.1, 0.15) is 0 Å². The van der Waals surface area contributed by atoms with Crippen molar-refractivity contribution < 1.29 is 20.4 Å². The summed E-state index contributed by atoms with van der Waals surface area (Å²) in [5.74, 6) is 0.255. The third-order valence-corrected chi connectivity index (χ3v) is 0.781. The van der Waals surface area contributed by atoms with Crippen LogP contribution in [0.2, 0.25) is 0 Å². The Morgan fingerprint density at radius 2 is 2.11 bits per heavy atom. The van der Waals surface area contributed by atoms with Gasteiger partial charge >= 0.3 is 0 Å². The van der Waals surface area contributed by atoms with Crippen LogP contribution in [0, 0.1) is 12.8 Å². The normalized spacial score (nSPS) is 11.0. The van der Waals surface area contributed by atoms with E-state index in [0.717, 1.165) is 6.54 Å². The zero-order chi connectivity index (χ0) is 5.70. The average Bonchev–Trinajstić information content (AvgIpc) is 1.68. The van der Waals surface area contributed by atoms with Crippen molar-refractivity contribution in [1.29, 1.82) is 0 Å². The van der Waals surface area contributed by atoms with Gasteiger partial charge in [-0.15, -0.1) is 0 Å². The molecule has 0 saturated heterocycles. The first-order chi connectivity index (χ1) is 3.31. The third kappa shape index (κ3) is 11.3. The van der Waals surface area contributed by atoms with Crippen LogP contribution >= 0.6 is 0 Å². The molecule has 0 aromatic rings. The summed E-state index contributed by atoms with van der Waals surface area (Å²) in [4.78, 5) is 0. The van der Waals surface area contributed by atoms with Crippen LogP contribution in [0.5, 0.6) is 0 Å². The summed E-state index contributed by atoms with van der Waals surface area (Å²) in [5.41, 5.74) is 6.81. The maximum Gasteiger partial charge on any atom is 0 e. The van der Waals surface area contributed by atoms with E-state index in [9.17, 15) is 0 Å². The van der Waals surface area contributed by atoms with Gasteiger partial charge in [-0.3, -0.25) is 0 Å². The molecule has 1 radical (unpaired) electrons. The monoisotopic (exact) mass is 554 g/mol. The van der Waals surface area contributed by atoms with Crippen molar-refractivity contribution in [2.24, 2.45) is 5.92 Å². The second-order valence-corrected chi connectivity index (χ2v) is 1.63. The van der Waals surface area contributed by atoms with Gasteiger partial charge in [0.05, 0.1) is 0 Å². The van der Waals surface area contributed by atoms with Crippen molar-refractivity contribution in [3.8, 4) is 0 Å². The molecule has 1 atom stereocenters. The Labute approximate surface area is 64.9 Å². The zero-order valence-electron chi connectivity index (χ0n) is 5.78. The van der Waals surface area contributed by atoms with Gasteiger partial charge in [0.1, 0.15) is 0 Å². The minimum atomic E-state index is 0. The van der Waals surface area contributed by atoms with Gasteiger partial charge in [0.15, 0.2) is 0 Å². The Bertz CT molecular complexity index is 45.9. The van der Waals surface area contributed by atoms with Crippen molar-refractivity contribution in [2.75, 3.05) is 20.1 Å². The number of nitrogens with one attached hydrogen (secondary N) is 2. The minimum absolute atomic E-state index is 0. The molecular formula is C5H12N2ReRf-2. The molecule has 0 rings (SSSR count). The summed E-state index contributed by atoms with van der Waals surface area (Å²) in [6, 6.07) is 0. The topological polar surface area (TPSA) is 35.8 Å². The molecular weight excluding hydrogens is 541 g/mol. The molecule has 0 fully saturated rings. The predicted molar refractivity (Wildman–Crippen MR) is 32.0 cm³/mol. The van der Waals surface area contributed by atoms with Gasteiger partial charge in [-0.05, 0) is 13.6 Å². The van der Waals surface area contributed by atoms with Gasteiger partial charge in [-0.2, -0.15) is 12.5 Å². The van der Waals surface area contributed by atoms with E-state index in [-0.39, 0.29) is 26.3 Å². The largest absolute Gasteiger partial charge is 0.679 e. The summed E-state index contributed by atoms with van der Waals surface area (Å²) in [7, 11) is 1.87. The molecule has 0 saturated carbocycles. The van der Waals surface area contributed by atoms with Crippen LogP contribution in [0.25, 0.3) is 5.73 Å². The smallest absolute Gasteiger partial charge is 0 e. The summed E-state index contributed by atoms with van der Waals surface area (Å²) in [6.45, 7) is 4.96. The van der Waals surface area contributed by atoms with Crippen LogP contribution in [-0.2, 0) is 20.4 Å². The average molecular weight is 553 g/mol. The first-order valence-corrected chi connectivity index (χ1v) is 2.43. The van der Waals surface area contributed by atoms with Crippen LogP contribution in [-0.4, -0.2) is 20.1 Å². The second-order valence-electron chi connectivity index (χ2n) is 1.63. The first-order valence-electron chi connectivity index (χ1n) is 2.43. The van der Waals surface area contributed by atoms with Gasteiger partial charge in [0.2, 0.25) is 0 Å². The molecule has 1 unspecified atom stereocenters. The van der Waals surface area contributed by atoms with E-state index in [1.165, 1.54) is 0 Å². The number of rotatable bonds is 3. The summed E-state index contributed by atoms with van der Waals surface area (Å²) >= 11 is 0. The maximum absolute atomic E-state index is 6.81. The molecule has 0 aromatic heterocycles. The molecule has 0 aromatic carbocycles. The van der Waals surface area contributed by atoms with E-state index in [2.05, 4.69) is 12.2 Å². The second kappa shape index (κ2) is 10.5. The van der Waals surface area contributed by atoms with Crippen LogP contribution in [0.3, 0.4) is 0 Å². The summed E-state index contributed by atoms with van der Waals surface area (Å²) < 4.78 is 0. The molecule has 0 bridgehead atoms. The van der Waals surface area contributed by atoms with Crippen molar-refractivity contribution >= 4 is 0 Å². The standard InChI is InChI=1S/C5H12N2.Re.Rf/c1-5(3-6)4-7-2;;/h5-7H,1,3-4H2,2H3;;/q-2;;. The molecule has 0 spiro atoms. The van der Waals surface area contributed by atoms with Crippen LogP contribution in [0.15, 0.2) is 0 Å². The maximum atomic E-state index is 6.81. The molecule has 0 aliphatic rings. The van der Waals surface area contributed by atoms with Crippen molar-refractivity contribution in [3.05, 3.63) is 12.7 Å². The number of hydrogen-bond donors (Lipinski definition) is 1. The molecule has 53 valence electrons. The van der Waals surface area contributed by atoms with Gasteiger partial charge in [-0.25, -0.2) is 0 Å². The quantitative estimate of drug-likeness (QED) is 0.514. The molecule has 9 heavy (non-hydrogen) atoms. The van der Waals surface area contributed by atoms with E-state index >= 15 is 0 Å². The molecule has 4 heteroatoms. The first kappa shape index (κ1) is 15.8. The predicted octanol–water partition coefficient (Wildman–Crippen LogP) is 0.706. The Morgan fingerprint density at radius 3 is 2.22 bits per heavy atom. The zero-order valence-corrected chi connectivity index (χ0v) is 14.9. The molecule has 0 aliphatic carbocycles. The fourth-order valence-electron chi connectivity index (χ4n) is 0.361. The Hall–Kier alpha value is -0.418. The Morgan fingerprint density at radius 1 is 1.67 bits per heavy atom. The summed E-state index contributed by atoms with van der Waals surface area (Å²) in [5, 5.41) is 2.94. The van der Waals surface area contributed by atoms with E-state index < -0.39 is 0 Å². The third-order valence-electron chi connectivity index (χ3n) is 0.781. The molecule has 2 nitrogen and oxygen atoms in total. The summed E-state index contributed by atoms with van der Waals surface area (Å²) in [6.07, 6.45) is 0. The van der Waals surface area contributed by atoms with Crippen molar-refractivity contribution in [3.63, 3.8) is 0 Å². The van der Waals surface area contributed by atoms with Crippen LogP contribution in [0.4, 0.5) is 0 Å². The van der Waals surface area contributed by atoms with E-state index in [0.29, 0.717) is 6.54 Å². The SMILES string of the molecule is [CH2-]C(C[NH-])CNC.[Re].[Rf]. The molecule has 2 N–H and O–H groups in total. The number of hydrogen-bond acceptors (Lipinski definition) is 1. The van der Waals surface area contributed by atoms with Gasteiger partial charge < -0.3 is 18.0 Å². The van der Waals surface area contributed by atoms with Crippen molar-refractivity contribution in [2.45, 2.75) is 0 Å². The van der Waals surface area contributed by atoms with Crippen LogP contribution < -0.4 is 5.32 Å². The fourth-order valence-corrected chi connectivity index (χ4v) is 0.361. The fraction of sp³-hybridized carbons (Fsp3) is 0.800. The molecule has 0 aliphatic heterocycles. The van der Waals surface area contributed by atoms with Gasteiger partial charge in [-0.1, -0.05) is 0 Å². The van der Waals surface area contributed by atoms with E-state index in [1.54, 1.807) is 0 Å². The van der Waals surface area contributed by atoms with Gasteiger partial charge in [0.25, 0.3) is 0 Å². The Balaban J connectivity index is -0.000000180. The van der Waals surface area contributed by atoms with E-state index in [1.807, 2.05) is 7.05 Å². The van der Waals surface area contributed by atoms with Crippen molar-refractivity contribution in [1.82, 2.24) is 5.32 Å². The minimum Gasteiger partial charge on any atom is -0.679 e. The van der Waals surface area contributed by atoms with Gasteiger partial charge in [0, 0.05) is 20.4 Å². The molecule has 0 heterocycles.